The molecule has 96 valence electrons. The van der Waals surface area contributed by atoms with Crippen molar-refractivity contribution >= 4 is 18.5 Å². The quantitative estimate of drug-likeness (QED) is 0.774. The molecule has 1 aliphatic heterocycles. The molecular weight excluding hydrogens is 228 g/mol. The summed E-state index contributed by atoms with van der Waals surface area (Å²) in [6, 6.07) is 0.409. The van der Waals surface area contributed by atoms with E-state index in [0.29, 0.717) is 6.04 Å². The summed E-state index contributed by atoms with van der Waals surface area (Å²) in [6.45, 7) is 7.25. The fourth-order valence-electron chi connectivity index (χ4n) is 1.71. The maximum absolute atomic E-state index is 11.8. The maximum atomic E-state index is 11.8. The lowest BCUT2D eigenvalue weighted by molar-refractivity contribution is 0.0190. The Morgan fingerprint density at radius 3 is 2.56 bits per heavy atom. The van der Waals surface area contributed by atoms with Crippen LogP contribution in [0.3, 0.4) is 0 Å². The van der Waals surface area contributed by atoms with Crippen molar-refractivity contribution in [1.82, 2.24) is 10.2 Å². The van der Waals surface area contributed by atoms with Gasteiger partial charge in [0.25, 0.3) is 0 Å². The van der Waals surface area contributed by atoms with E-state index in [0.717, 1.165) is 25.9 Å². The Kier molecular flexibility index (Phi) is 6.11. The molecular formula is C11H23ClN2O2. The molecule has 0 aromatic rings. The maximum Gasteiger partial charge on any atom is 0.410 e. The number of nitrogens with zero attached hydrogens (tertiary/aromatic N) is 1. The van der Waals surface area contributed by atoms with Crippen molar-refractivity contribution in [2.75, 3.05) is 20.1 Å². The SMILES string of the molecule is CNC1CCCN(C(=O)OC(C)(C)C)C1.Cl. The first kappa shape index (κ1) is 15.5. The van der Waals surface area contributed by atoms with Gasteiger partial charge in [0.1, 0.15) is 5.60 Å². The van der Waals surface area contributed by atoms with Crippen LogP contribution in [0.2, 0.25) is 0 Å². The van der Waals surface area contributed by atoms with Crippen molar-refractivity contribution in [2.45, 2.75) is 45.3 Å². The van der Waals surface area contributed by atoms with Gasteiger partial charge in [-0.05, 0) is 40.7 Å². The number of hydrogen-bond donors (Lipinski definition) is 1. The lowest BCUT2D eigenvalue weighted by Crippen LogP contribution is -2.48. The number of nitrogens with one attached hydrogen (secondary N) is 1. The van der Waals surface area contributed by atoms with Crippen molar-refractivity contribution in [3.63, 3.8) is 0 Å². The number of amides is 1. The standard InChI is InChI=1S/C11H22N2O2.ClH/c1-11(2,3)15-10(14)13-7-5-6-9(8-13)12-4;/h9,12H,5-8H2,1-4H3;1H. The topological polar surface area (TPSA) is 41.6 Å². The monoisotopic (exact) mass is 250 g/mol. The molecule has 1 atom stereocenters. The van der Waals surface area contributed by atoms with E-state index >= 15 is 0 Å². The van der Waals surface area contributed by atoms with E-state index < -0.39 is 5.60 Å². The van der Waals surface area contributed by atoms with Crippen LogP contribution in [0, 0.1) is 0 Å². The molecule has 0 aromatic carbocycles. The molecule has 0 aromatic heterocycles. The molecule has 1 rings (SSSR count). The fourth-order valence-corrected chi connectivity index (χ4v) is 1.71. The predicted octanol–water partition coefficient (Wildman–Crippen LogP) is 2.03. The minimum Gasteiger partial charge on any atom is -0.444 e. The smallest absolute Gasteiger partial charge is 0.410 e. The van der Waals surface area contributed by atoms with Gasteiger partial charge in [0.05, 0.1) is 0 Å². The highest BCUT2D eigenvalue weighted by Crippen LogP contribution is 2.14. The normalized spacial score (nSPS) is 21.2. The molecule has 4 nitrogen and oxygen atoms in total. The van der Waals surface area contributed by atoms with E-state index in [9.17, 15) is 4.79 Å². The van der Waals surface area contributed by atoms with Gasteiger partial charge in [-0.25, -0.2) is 4.79 Å². The summed E-state index contributed by atoms with van der Waals surface area (Å²) in [7, 11) is 1.93. The third-order valence-electron chi connectivity index (χ3n) is 2.48. The Balaban J connectivity index is 0.00000225. The van der Waals surface area contributed by atoms with Gasteiger partial charge in [-0.3, -0.25) is 0 Å². The van der Waals surface area contributed by atoms with E-state index in [4.69, 9.17) is 4.74 Å². The molecule has 0 spiro atoms. The van der Waals surface area contributed by atoms with E-state index in [1.807, 2.05) is 27.8 Å². The Morgan fingerprint density at radius 1 is 1.44 bits per heavy atom. The van der Waals surface area contributed by atoms with Gasteiger partial charge >= 0.3 is 6.09 Å². The number of carbonyl (C=O) groups is 1. The van der Waals surface area contributed by atoms with Gasteiger partial charge in [0, 0.05) is 19.1 Å². The van der Waals surface area contributed by atoms with Crippen molar-refractivity contribution < 1.29 is 9.53 Å². The number of rotatable bonds is 1. The van der Waals surface area contributed by atoms with E-state index in [1.54, 1.807) is 4.90 Å². The van der Waals surface area contributed by atoms with Crippen LogP contribution in [0.25, 0.3) is 0 Å². The Bertz CT molecular complexity index is 229. The number of piperidine rings is 1. The van der Waals surface area contributed by atoms with Crippen LogP contribution < -0.4 is 5.32 Å². The summed E-state index contributed by atoms with van der Waals surface area (Å²) in [5, 5.41) is 3.20. The first-order chi connectivity index (χ1) is 6.92. The second kappa shape index (κ2) is 6.30. The lowest BCUT2D eigenvalue weighted by Gasteiger charge is -2.33. The summed E-state index contributed by atoms with van der Waals surface area (Å²) in [5.41, 5.74) is -0.399. The molecule has 16 heavy (non-hydrogen) atoms. The molecule has 0 radical (unpaired) electrons. The number of likely N-dealkylation sites (tertiary alicyclic amines) is 1. The van der Waals surface area contributed by atoms with Crippen LogP contribution in [0.5, 0.6) is 0 Å². The van der Waals surface area contributed by atoms with Crippen LogP contribution >= 0.6 is 12.4 Å². The first-order valence-electron chi connectivity index (χ1n) is 5.57. The number of carbonyl (C=O) groups excluding carboxylic acids is 1. The van der Waals surface area contributed by atoms with E-state index in [2.05, 4.69) is 5.32 Å². The minimum atomic E-state index is -0.399. The minimum absolute atomic E-state index is 0. The summed E-state index contributed by atoms with van der Waals surface area (Å²) in [5.74, 6) is 0. The third-order valence-corrected chi connectivity index (χ3v) is 2.48. The van der Waals surface area contributed by atoms with E-state index in [1.165, 1.54) is 0 Å². The molecule has 0 saturated carbocycles. The van der Waals surface area contributed by atoms with Crippen LogP contribution in [-0.4, -0.2) is 42.8 Å². The second-order valence-corrected chi connectivity index (χ2v) is 5.05. The molecule has 1 aliphatic rings. The van der Waals surface area contributed by atoms with Gasteiger partial charge in [-0.2, -0.15) is 0 Å². The molecule has 0 aliphatic carbocycles. The highest BCUT2D eigenvalue weighted by atomic mass is 35.5. The average Bonchev–Trinajstić information content (AvgIpc) is 2.15. The highest BCUT2D eigenvalue weighted by Gasteiger charge is 2.26. The summed E-state index contributed by atoms with van der Waals surface area (Å²) in [4.78, 5) is 13.5. The fraction of sp³-hybridized carbons (Fsp3) is 0.909. The number of ether oxygens (including phenoxy) is 1. The van der Waals surface area contributed by atoms with Gasteiger partial charge in [0.15, 0.2) is 0 Å². The molecule has 1 saturated heterocycles. The van der Waals surface area contributed by atoms with E-state index in [-0.39, 0.29) is 18.5 Å². The first-order valence-corrected chi connectivity index (χ1v) is 5.57. The molecule has 0 bridgehead atoms. The zero-order chi connectivity index (χ0) is 11.5. The van der Waals surface area contributed by atoms with Gasteiger partial charge in [-0.1, -0.05) is 0 Å². The molecule has 1 fully saturated rings. The highest BCUT2D eigenvalue weighted by molar-refractivity contribution is 5.85. The average molecular weight is 251 g/mol. The van der Waals surface area contributed by atoms with Crippen molar-refractivity contribution in [2.24, 2.45) is 0 Å². The van der Waals surface area contributed by atoms with Gasteiger partial charge in [-0.15, -0.1) is 12.4 Å². The zero-order valence-corrected chi connectivity index (χ0v) is 11.4. The number of hydrogen-bond acceptors (Lipinski definition) is 3. The van der Waals surface area contributed by atoms with Crippen LogP contribution in [0.4, 0.5) is 4.79 Å². The van der Waals surface area contributed by atoms with Crippen molar-refractivity contribution in [1.29, 1.82) is 0 Å². The van der Waals surface area contributed by atoms with Crippen molar-refractivity contribution in [3.05, 3.63) is 0 Å². The predicted molar refractivity (Wildman–Crippen MR) is 67.1 cm³/mol. The lowest BCUT2D eigenvalue weighted by atomic mass is 10.1. The number of likely N-dealkylation sites (N-methyl/N-ethyl adjacent to an activating group) is 1. The summed E-state index contributed by atoms with van der Waals surface area (Å²) < 4.78 is 5.33. The third kappa shape index (κ3) is 5.03. The van der Waals surface area contributed by atoms with Gasteiger partial charge in [0.2, 0.25) is 0 Å². The zero-order valence-electron chi connectivity index (χ0n) is 10.6. The van der Waals surface area contributed by atoms with Crippen LogP contribution in [0.1, 0.15) is 33.6 Å². The largest absolute Gasteiger partial charge is 0.444 e. The molecule has 1 amide bonds. The summed E-state index contributed by atoms with van der Waals surface area (Å²) >= 11 is 0. The molecule has 5 heteroatoms. The Morgan fingerprint density at radius 2 is 2.06 bits per heavy atom. The van der Waals surface area contributed by atoms with Crippen molar-refractivity contribution in [3.8, 4) is 0 Å². The molecule has 1 N–H and O–H groups in total. The van der Waals surface area contributed by atoms with Crippen LogP contribution in [-0.2, 0) is 4.74 Å². The van der Waals surface area contributed by atoms with Crippen LogP contribution in [0.15, 0.2) is 0 Å². The van der Waals surface area contributed by atoms with Gasteiger partial charge < -0.3 is 15.0 Å². The molecule has 1 unspecified atom stereocenters. The Hall–Kier alpha value is -0.480. The molecule has 1 heterocycles. The number of halogens is 1. The Labute approximate surface area is 104 Å². The summed E-state index contributed by atoms with van der Waals surface area (Å²) in [6.07, 6.45) is 1.99. The second-order valence-electron chi connectivity index (χ2n) is 5.05.